The summed E-state index contributed by atoms with van der Waals surface area (Å²) in [5, 5.41) is 3.47. The van der Waals surface area contributed by atoms with Gasteiger partial charge in [0, 0.05) is 31.6 Å². The van der Waals surface area contributed by atoms with Crippen LogP contribution in [0.4, 0.5) is 0 Å². The molecular formula is C11H21N3O. The fourth-order valence-electron chi connectivity index (χ4n) is 2.87. The second kappa shape index (κ2) is 4.94. The Kier molecular flexibility index (Phi) is 3.59. The van der Waals surface area contributed by atoms with Crippen molar-refractivity contribution in [2.45, 2.75) is 44.2 Å². The Morgan fingerprint density at radius 1 is 1.33 bits per heavy atom. The zero-order valence-electron chi connectivity index (χ0n) is 9.24. The van der Waals surface area contributed by atoms with Crippen molar-refractivity contribution in [1.29, 1.82) is 0 Å². The summed E-state index contributed by atoms with van der Waals surface area (Å²) < 4.78 is 0. The number of amides is 1. The van der Waals surface area contributed by atoms with Crippen LogP contribution in [0.1, 0.15) is 32.1 Å². The summed E-state index contributed by atoms with van der Waals surface area (Å²) in [6.07, 6.45) is 5.71. The van der Waals surface area contributed by atoms with E-state index in [-0.39, 0.29) is 5.91 Å². The number of rotatable bonds is 4. The number of carbonyl (C=O) groups is 1. The van der Waals surface area contributed by atoms with Gasteiger partial charge < -0.3 is 11.1 Å². The van der Waals surface area contributed by atoms with Crippen molar-refractivity contribution in [3.8, 4) is 0 Å². The first-order valence-corrected chi connectivity index (χ1v) is 6.03. The monoisotopic (exact) mass is 211 g/mol. The standard InChI is InChI=1S/C11H21N3O/c12-11(15)4-6-13-9-5-8-14-7-2-1-3-10(9)14/h9-10,13H,1-8H2,(H2,12,15). The van der Waals surface area contributed by atoms with Crippen LogP contribution < -0.4 is 11.1 Å². The summed E-state index contributed by atoms with van der Waals surface area (Å²) >= 11 is 0. The molecule has 2 atom stereocenters. The van der Waals surface area contributed by atoms with Gasteiger partial charge in [0.05, 0.1) is 0 Å². The first-order valence-electron chi connectivity index (χ1n) is 6.03. The minimum absolute atomic E-state index is 0.207. The molecule has 2 aliphatic heterocycles. The van der Waals surface area contributed by atoms with E-state index in [2.05, 4.69) is 10.2 Å². The Balaban J connectivity index is 1.75. The van der Waals surface area contributed by atoms with E-state index in [0.717, 1.165) is 6.54 Å². The van der Waals surface area contributed by atoms with Crippen LogP contribution in [0.15, 0.2) is 0 Å². The Morgan fingerprint density at radius 2 is 2.20 bits per heavy atom. The molecule has 0 spiro atoms. The fraction of sp³-hybridized carbons (Fsp3) is 0.909. The van der Waals surface area contributed by atoms with Crippen molar-refractivity contribution in [1.82, 2.24) is 10.2 Å². The Labute approximate surface area is 91.2 Å². The van der Waals surface area contributed by atoms with Crippen molar-refractivity contribution in [2.24, 2.45) is 5.73 Å². The van der Waals surface area contributed by atoms with Crippen molar-refractivity contribution in [3.63, 3.8) is 0 Å². The molecule has 0 bridgehead atoms. The molecule has 4 nitrogen and oxygen atoms in total. The summed E-state index contributed by atoms with van der Waals surface area (Å²) in [6, 6.07) is 1.30. The van der Waals surface area contributed by atoms with E-state index in [0.29, 0.717) is 18.5 Å². The molecule has 0 aromatic carbocycles. The van der Waals surface area contributed by atoms with Crippen LogP contribution in [0.2, 0.25) is 0 Å². The predicted molar refractivity (Wildman–Crippen MR) is 59.4 cm³/mol. The third-order valence-corrected chi connectivity index (χ3v) is 3.63. The lowest BCUT2D eigenvalue weighted by Gasteiger charge is -2.32. The van der Waals surface area contributed by atoms with Crippen molar-refractivity contribution < 1.29 is 4.79 Å². The minimum atomic E-state index is -0.207. The molecule has 2 saturated heterocycles. The molecular weight excluding hydrogens is 190 g/mol. The Hall–Kier alpha value is -0.610. The van der Waals surface area contributed by atoms with Gasteiger partial charge in [0.15, 0.2) is 0 Å². The van der Waals surface area contributed by atoms with Crippen LogP contribution in [0.3, 0.4) is 0 Å². The van der Waals surface area contributed by atoms with Gasteiger partial charge >= 0.3 is 0 Å². The number of hydrogen-bond acceptors (Lipinski definition) is 3. The zero-order chi connectivity index (χ0) is 10.7. The van der Waals surface area contributed by atoms with Gasteiger partial charge in [-0.15, -0.1) is 0 Å². The van der Waals surface area contributed by atoms with Crippen molar-refractivity contribution in [2.75, 3.05) is 19.6 Å². The molecule has 4 heteroatoms. The van der Waals surface area contributed by atoms with Crippen LogP contribution >= 0.6 is 0 Å². The maximum Gasteiger partial charge on any atom is 0.218 e. The van der Waals surface area contributed by atoms with Gasteiger partial charge in [-0.25, -0.2) is 0 Å². The summed E-state index contributed by atoms with van der Waals surface area (Å²) in [7, 11) is 0. The number of primary amides is 1. The molecule has 2 rings (SSSR count). The number of nitrogens with two attached hydrogens (primary N) is 1. The van der Waals surface area contributed by atoms with Gasteiger partial charge in [-0.2, -0.15) is 0 Å². The third-order valence-electron chi connectivity index (χ3n) is 3.63. The molecule has 0 aromatic heterocycles. The molecule has 0 radical (unpaired) electrons. The molecule has 3 N–H and O–H groups in total. The molecule has 86 valence electrons. The van der Waals surface area contributed by atoms with Gasteiger partial charge in [0.1, 0.15) is 0 Å². The minimum Gasteiger partial charge on any atom is -0.370 e. The second-order valence-corrected chi connectivity index (χ2v) is 4.66. The van der Waals surface area contributed by atoms with E-state index < -0.39 is 0 Å². The van der Waals surface area contributed by atoms with Crippen molar-refractivity contribution >= 4 is 5.91 Å². The number of carbonyl (C=O) groups excluding carboxylic acids is 1. The highest BCUT2D eigenvalue weighted by Crippen LogP contribution is 2.26. The molecule has 2 aliphatic rings. The third kappa shape index (κ3) is 2.69. The Morgan fingerprint density at radius 3 is 3.00 bits per heavy atom. The molecule has 15 heavy (non-hydrogen) atoms. The lowest BCUT2D eigenvalue weighted by molar-refractivity contribution is -0.117. The number of piperidine rings is 1. The van der Waals surface area contributed by atoms with E-state index in [1.165, 1.54) is 38.8 Å². The molecule has 2 fully saturated rings. The number of nitrogens with one attached hydrogen (secondary N) is 1. The van der Waals surface area contributed by atoms with Crippen LogP contribution in [0, 0.1) is 0 Å². The lowest BCUT2D eigenvalue weighted by Crippen LogP contribution is -2.45. The molecule has 2 heterocycles. The van der Waals surface area contributed by atoms with Crippen molar-refractivity contribution in [3.05, 3.63) is 0 Å². The van der Waals surface area contributed by atoms with E-state index in [1.54, 1.807) is 0 Å². The number of nitrogens with zero attached hydrogens (tertiary/aromatic N) is 1. The van der Waals surface area contributed by atoms with Crippen LogP contribution in [-0.4, -0.2) is 42.5 Å². The molecule has 2 unspecified atom stereocenters. The molecule has 0 aliphatic carbocycles. The number of fused-ring (bicyclic) bond motifs is 1. The average molecular weight is 211 g/mol. The highest BCUT2D eigenvalue weighted by molar-refractivity contribution is 5.73. The summed E-state index contributed by atoms with van der Waals surface area (Å²) in [5.74, 6) is -0.207. The van der Waals surface area contributed by atoms with Gasteiger partial charge in [-0.3, -0.25) is 9.69 Å². The zero-order valence-corrected chi connectivity index (χ0v) is 9.24. The highest BCUT2D eigenvalue weighted by Gasteiger charge is 2.34. The predicted octanol–water partition coefficient (Wildman–Crippen LogP) is 0.0782. The lowest BCUT2D eigenvalue weighted by atomic mass is 9.99. The summed E-state index contributed by atoms with van der Waals surface area (Å²) in [4.78, 5) is 13.2. The van der Waals surface area contributed by atoms with E-state index in [9.17, 15) is 4.79 Å². The Bertz CT molecular complexity index is 232. The quantitative estimate of drug-likeness (QED) is 0.692. The smallest absolute Gasteiger partial charge is 0.218 e. The van der Waals surface area contributed by atoms with E-state index >= 15 is 0 Å². The van der Waals surface area contributed by atoms with Gasteiger partial charge in [0.25, 0.3) is 0 Å². The molecule has 0 saturated carbocycles. The van der Waals surface area contributed by atoms with Crippen LogP contribution in [0.5, 0.6) is 0 Å². The maximum absolute atomic E-state index is 10.6. The molecule has 1 amide bonds. The fourth-order valence-corrected chi connectivity index (χ4v) is 2.87. The highest BCUT2D eigenvalue weighted by atomic mass is 16.1. The van der Waals surface area contributed by atoms with Gasteiger partial charge in [-0.1, -0.05) is 6.42 Å². The normalized spacial score (nSPS) is 31.5. The molecule has 0 aromatic rings. The number of hydrogen-bond donors (Lipinski definition) is 2. The summed E-state index contributed by atoms with van der Waals surface area (Å²) in [6.45, 7) is 3.22. The second-order valence-electron chi connectivity index (χ2n) is 4.66. The van der Waals surface area contributed by atoms with Crippen LogP contribution in [0.25, 0.3) is 0 Å². The maximum atomic E-state index is 10.6. The average Bonchev–Trinajstić information content (AvgIpc) is 2.62. The first kappa shape index (κ1) is 10.9. The van der Waals surface area contributed by atoms with Gasteiger partial charge in [-0.05, 0) is 25.8 Å². The summed E-state index contributed by atoms with van der Waals surface area (Å²) in [5.41, 5.74) is 5.12. The SMILES string of the molecule is NC(=O)CCNC1CCN2CCCCC12. The largest absolute Gasteiger partial charge is 0.370 e. The van der Waals surface area contributed by atoms with Crippen LogP contribution in [-0.2, 0) is 4.79 Å². The topological polar surface area (TPSA) is 58.4 Å². The first-order chi connectivity index (χ1) is 7.27. The van der Waals surface area contributed by atoms with E-state index in [4.69, 9.17) is 5.73 Å². The van der Waals surface area contributed by atoms with Gasteiger partial charge in [0.2, 0.25) is 5.91 Å². The van der Waals surface area contributed by atoms with E-state index in [1.807, 2.05) is 0 Å².